The number of nitro groups is 2. The van der Waals surface area contributed by atoms with Gasteiger partial charge in [-0.25, -0.2) is 4.99 Å². The molecule has 21 heavy (non-hydrogen) atoms. The molecule has 1 aromatic heterocycles. The first-order valence-electron chi connectivity index (χ1n) is 5.56. The first-order valence-corrected chi connectivity index (χ1v) is 5.94. The van der Waals surface area contributed by atoms with Gasteiger partial charge in [0.05, 0.1) is 27.2 Å². The number of aliphatic imine (C=N–C) groups is 1. The van der Waals surface area contributed by atoms with Crippen LogP contribution in [0.1, 0.15) is 5.56 Å². The number of hydrogen-bond acceptors (Lipinski definition) is 6. The first kappa shape index (κ1) is 14.5. The van der Waals surface area contributed by atoms with Crippen molar-refractivity contribution in [2.45, 2.75) is 0 Å². The fourth-order valence-corrected chi connectivity index (χ4v) is 1.81. The first-order chi connectivity index (χ1) is 9.99. The molecule has 0 bridgehead atoms. The smallest absolute Gasteiger partial charge is 0.265 e. The third-order valence-electron chi connectivity index (χ3n) is 2.50. The molecule has 0 saturated heterocycles. The van der Waals surface area contributed by atoms with Crippen LogP contribution >= 0.6 is 11.6 Å². The van der Waals surface area contributed by atoms with E-state index < -0.39 is 15.5 Å². The number of pyridine rings is 1. The number of non-ortho nitro benzene ring substituents is 1. The van der Waals surface area contributed by atoms with Crippen LogP contribution in [0.4, 0.5) is 17.1 Å². The van der Waals surface area contributed by atoms with Gasteiger partial charge in [0.1, 0.15) is 5.17 Å². The minimum absolute atomic E-state index is 0.00378. The molecule has 0 unspecified atom stereocenters. The van der Waals surface area contributed by atoms with Crippen molar-refractivity contribution in [1.29, 1.82) is 0 Å². The normalized spacial score (nSPS) is 11.2. The van der Waals surface area contributed by atoms with Gasteiger partial charge in [0.15, 0.2) is 0 Å². The van der Waals surface area contributed by atoms with E-state index in [1.807, 2.05) is 0 Å². The molecule has 2 rings (SSSR count). The van der Waals surface area contributed by atoms with Crippen LogP contribution in [-0.2, 0) is 0 Å². The lowest BCUT2D eigenvalue weighted by Crippen LogP contribution is -2.00. The topological polar surface area (TPSA) is 112 Å². The zero-order valence-corrected chi connectivity index (χ0v) is 11.1. The monoisotopic (exact) mass is 306 g/mol. The summed E-state index contributed by atoms with van der Waals surface area (Å²) >= 11 is 5.98. The molecule has 0 amide bonds. The van der Waals surface area contributed by atoms with Gasteiger partial charge in [0.2, 0.25) is 0 Å². The van der Waals surface area contributed by atoms with Gasteiger partial charge in [-0.05, 0) is 18.2 Å². The van der Waals surface area contributed by atoms with Gasteiger partial charge in [0, 0.05) is 18.5 Å². The van der Waals surface area contributed by atoms with Gasteiger partial charge >= 0.3 is 0 Å². The second kappa shape index (κ2) is 6.06. The summed E-state index contributed by atoms with van der Waals surface area (Å²) in [7, 11) is 0. The largest absolute Gasteiger partial charge is 0.286 e. The van der Waals surface area contributed by atoms with E-state index in [0.717, 1.165) is 12.1 Å². The molecule has 1 aromatic carbocycles. The number of hydrogen-bond donors (Lipinski definition) is 0. The highest BCUT2D eigenvalue weighted by molar-refractivity contribution is 6.70. The zero-order valence-electron chi connectivity index (χ0n) is 10.3. The molecule has 0 saturated carbocycles. The summed E-state index contributed by atoms with van der Waals surface area (Å²) in [5, 5.41) is 21.5. The van der Waals surface area contributed by atoms with Crippen molar-refractivity contribution in [1.82, 2.24) is 4.98 Å². The third-order valence-corrected chi connectivity index (χ3v) is 2.79. The Morgan fingerprint density at radius 1 is 1.10 bits per heavy atom. The van der Waals surface area contributed by atoms with Crippen molar-refractivity contribution in [3.8, 4) is 0 Å². The van der Waals surface area contributed by atoms with Crippen molar-refractivity contribution in [2.24, 2.45) is 4.99 Å². The molecule has 0 radical (unpaired) electrons. The number of aromatic nitrogens is 1. The van der Waals surface area contributed by atoms with Crippen LogP contribution < -0.4 is 0 Å². The fourth-order valence-electron chi connectivity index (χ4n) is 1.55. The van der Waals surface area contributed by atoms with Crippen LogP contribution in [0.3, 0.4) is 0 Å². The number of benzene rings is 1. The van der Waals surface area contributed by atoms with Crippen molar-refractivity contribution < 1.29 is 9.85 Å². The highest BCUT2D eigenvalue weighted by Crippen LogP contribution is 2.27. The summed E-state index contributed by atoms with van der Waals surface area (Å²) in [5.41, 5.74) is -0.405. The Kier molecular flexibility index (Phi) is 4.19. The number of halogens is 1. The van der Waals surface area contributed by atoms with Gasteiger partial charge in [0.25, 0.3) is 11.4 Å². The minimum Gasteiger partial charge on any atom is -0.265 e. The number of rotatable bonds is 4. The molecule has 8 nitrogen and oxygen atoms in total. The molecule has 0 atom stereocenters. The molecule has 0 aliphatic heterocycles. The fraction of sp³-hybridized carbons (Fsp3) is 0. The van der Waals surface area contributed by atoms with Crippen LogP contribution in [-0.4, -0.2) is 20.0 Å². The number of nitrogens with zero attached hydrogens (tertiary/aromatic N) is 4. The van der Waals surface area contributed by atoms with Gasteiger partial charge in [-0.3, -0.25) is 25.2 Å². The van der Waals surface area contributed by atoms with E-state index in [2.05, 4.69) is 9.98 Å². The predicted octanol–water partition coefficient (Wildman–Crippen LogP) is 3.22. The lowest BCUT2D eigenvalue weighted by atomic mass is 10.1. The van der Waals surface area contributed by atoms with Crippen molar-refractivity contribution in [3.63, 3.8) is 0 Å². The molecular formula is C12H7ClN4O4. The Morgan fingerprint density at radius 2 is 1.76 bits per heavy atom. The van der Waals surface area contributed by atoms with Gasteiger partial charge in [-0.2, -0.15) is 0 Å². The van der Waals surface area contributed by atoms with Crippen LogP contribution in [0, 0.1) is 20.2 Å². The number of nitro benzene ring substituents is 2. The average molecular weight is 307 g/mol. The van der Waals surface area contributed by atoms with Gasteiger partial charge in [-0.15, -0.1) is 0 Å². The maximum atomic E-state index is 11.0. The molecule has 0 spiro atoms. The second-order valence-electron chi connectivity index (χ2n) is 3.82. The molecule has 106 valence electrons. The Morgan fingerprint density at radius 3 is 2.33 bits per heavy atom. The molecule has 0 N–H and O–H groups in total. The predicted molar refractivity (Wildman–Crippen MR) is 76.0 cm³/mol. The van der Waals surface area contributed by atoms with Crippen LogP contribution in [0.25, 0.3) is 0 Å². The van der Waals surface area contributed by atoms with Gasteiger partial charge in [-0.1, -0.05) is 11.6 Å². The van der Waals surface area contributed by atoms with E-state index in [1.54, 1.807) is 12.1 Å². The Bertz CT molecular complexity index is 733. The molecule has 0 fully saturated rings. The zero-order chi connectivity index (χ0) is 15.4. The quantitative estimate of drug-likeness (QED) is 0.489. The van der Waals surface area contributed by atoms with E-state index in [9.17, 15) is 20.2 Å². The van der Waals surface area contributed by atoms with Crippen molar-refractivity contribution in [2.75, 3.05) is 0 Å². The summed E-state index contributed by atoms with van der Waals surface area (Å²) in [4.78, 5) is 28.0. The Hall–Kier alpha value is -2.87. The summed E-state index contributed by atoms with van der Waals surface area (Å²) in [6.45, 7) is 0. The van der Waals surface area contributed by atoms with Crippen molar-refractivity contribution >= 4 is 33.8 Å². The SMILES string of the molecule is O=[N+]([O-])c1ccc(C(Cl)=Nc2ccncc2)c([N+](=O)[O-])c1. The van der Waals surface area contributed by atoms with E-state index in [-0.39, 0.29) is 16.4 Å². The maximum absolute atomic E-state index is 11.0. The van der Waals surface area contributed by atoms with Crippen molar-refractivity contribution in [3.05, 3.63) is 68.5 Å². The molecule has 9 heteroatoms. The van der Waals surface area contributed by atoms with Crippen LogP contribution in [0.15, 0.2) is 47.7 Å². The highest BCUT2D eigenvalue weighted by atomic mass is 35.5. The van der Waals surface area contributed by atoms with Crippen LogP contribution in [0.2, 0.25) is 0 Å². The average Bonchev–Trinajstić information content (AvgIpc) is 2.47. The van der Waals surface area contributed by atoms with E-state index in [4.69, 9.17) is 11.6 Å². The third kappa shape index (κ3) is 3.37. The minimum atomic E-state index is -0.743. The van der Waals surface area contributed by atoms with E-state index in [1.165, 1.54) is 18.5 Å². The lowest BCUT2D eigenvalue weighted by molar-refractivity contribution is -0.394. The molecule has 0 aliphatic rings. The summed E-state index contributed by atoms with van der Waals surface area (Å²) in [5.74, 6) is 0. The van der Waals surface area contributed by atoms with E-state index >= 15 is 0 Å². The molecule has 1 heterocycles. The Labute approximate surface area is 123 Å². The summed E-state index contributed by atoms with van der Waals surface area (Å²) < 4.78 is 0. The standard InChI is InChI=1S/C12H7ClN4O4/c13-12(15-8-3-5-14-6-4-8)10-2-1-9(16(18)19)7-11(10)17(20)21/h1-7H. The maximum Gasteiger partial charge on any atom is 0.286 e. The molecular weight excluding hydrogens is 300 g/mol. The lowest BCUT2D eigenvalue weighted by Gasteiger charge is -2.01. The van der Waals surface area contributed by atoms with Crippen LogP contribution in [0.5, 0.6) is 0 Å². The Balaban J connectivity index is 2.50. The highest BCUT2D eigenvalue weighted by Gasteiger charge is 2.21. The van der Waals surface area contributed by atoms with Gasteiger partial charge < -0.3 is 0 Å². The molecule has 0 aliphatic carbocycles. The summed E-state index contributed by atoms with van der Waals surface area (Å²) in [6.07, 6.45) is 2.99. The van der Waals surface area contributed by atoms with E-state index in [0.29, 0.717) is 5.69 Å². The summed E-state index contributed by atoms with van der Waals surface area (Å²) in [6, 6.07) is 6.31. The molecule has 2 aromatic rings. The second-order valence-corrected chi connectivity index (χ2v) is 4.18.